The first-order valence-electron chi connectivity index (χ1n) is 7.09. The number of nitrogens with zero attached hydrogens (tertiary/aromatic N) is 1. The van der Waals surface area contributed by atoms with Crippen molar-refractivity contribution in [3.05, 3.63) is 28.2 Å². The Morgan fingerprint density at radius 1 is 1.47 bits per heavy atom. The van der Waals surface area contributed by atoms with E-state index in [1.54, 1.807) is 0 Å². The molecule has 1 heterocycles. The number of hydrogen-bond acceptors (Lipinski definition) is 3. The van der Waals surface area contributed by atoms with E-state index in [1.165, 1.54) is 24.1 Å². The molecule has 1 aromatic carbocycles. The van der Waals surface area contributed by atoms with Crippen LogP contribution >= 0.6 is 15.9 Å². The molecule has 1 atom stereocenters. The Morgan fingerprint density at radius 2 is 2.32 bits per heavy atom. The van der Waals surface area contributed by atoms with Crippen molar-refractivity contribution < 1.29 is 4.74 Å². The molecule has 0 aliphatic carbocycles. The molecule has 0 radical (unpaired) electrons. The van der Waals surface area contributed by atoms with Crippen LogP contribution in [0.1, 0.15) is 25.3 Å². The van der Waals surface area contributed by atoms with Crippen LogP contribution < -0.4 is 10.6 Å². The van der Waals surface area contributed by atoms with Gasteiger partial charge in [-0.3, -0.25) is 0 Å². The highest BCUT2D eigenvalue weighted by Gasteiger charge is 2.19. The Balaban J connectivity index is 2.08. The fourth-order valence-electron chi connectivity index (χ4n) is 2.56. The highest BCUT2D eigenvalue weighted by atomic mass is 79.9. The number of benzene rings is 1. The molecule has 1 aliphatic rings. The molecule has 0 amide bonds. The number of nitrogens with two attached hydrogens (primary N) is 1. The van der Waals surface area contributed by atoms with Gasteiger partial charge in [-0.2, -0.15) is 0 Å². The van der Waals surface area contributed by atoms with E-state index in [0.717, 1.165) is 30.6 Å². The SMILES string of the molecule is CCN(CC1CCCO1)c1ccc(CCN)cc1Br. The van der Waals surface area contributed by atoms with Gasteiger partial charge in [-0.15, -0.1) is 0 Å². The normalized spacial score (nSPS) is 18.8. The molecule has 1 unspecified atom stereocenters. The smallest absolute Gasteiger partial charge is 0.0750 e. The second-order valence-corrected chi connectivity index (χ2v) is 5.85. The predicted octanol–water partition coefficient (Wildman–Crippen LogP) is 2.96. The van der Waals surface area contributed by atoms with Crippen LogP contribution in [0.25, 0.3) is 0 Å². The summed E-state index contributed by atoms with van der Waals surface area (Å²) >= 11 is 3.68. The minimum atomic E-state index is 0.385. The van der Waals surface area contributed by atoms with Crippen LogP contribution in [-0.2, 0) is 11.2 Å². The van der Waals surface area contributed by atoms with Crippen molar-refractivity contribution in [3.8, 4) is 0 Å². The zero-order valence-electron chi connectivity index (χ0n) is 11.6. The molecule has 106 valence electrons. The Bertz CT molecular complexity index is 405. The van der Waals surface area contributed by atoms with Crippen molar-refractivity contribution in [2.24, 2.45) is 5.73 Å². The lowest BCUT2D eigenvalue weighted by Crippen LogP contribution is -2.32. The quantitative estimate of drug-likeness (QED) is 0.873. The molecule has 1 aliphatic heterocycles. The highest BCUT2D eigenvalue weighted by molar-refractivity contribution is 9.10. The van der Waals surface area contributed by atoms with Crippen LogP contribution in [0.3, 0.4) is 0 Å². The van der Waals surface area contributed by atoms with Crippen molar-refractivity contribution in [1.82, 2.24) is 0 Å². The maximum atomic E-state index is 5.74. The first-order chi connectivity index (χ1) is 9.24. The van der Waals surface area contributed by atoms with Crippen LogP contribution in [-0.4, -0.2) is 32.3 Å². The maximum Gasteiger partial charge on any atom is 0.0750 e. The van der Waals surface area contributed by atoms with Crippen molar-refractivity contribution in [1.29, 1.82) is 0 Å². The first-order valence-corrected chi connectivity index (χ1v) is 7.89. The van der Waals surface area contributed by atoms with E-state index in [2.05, 4.69) is 46.0 Å². The third-order valence-electron chi connectivity index (χ3n) is 3.62. The maximum absolute atomic E-state index is 5.74. The monoisotopic (exact) mass is 326 g/mol. The molecule has 0 saturated carbocycles. The van der Waals surface area contributed by atoms with Crippen LogP contribution in [0.2, 0.25) is 0 Å². The second kappa shape index (κ2) is 7.27. The molecule has 2 rings (SSSR count). The van der Waals surface area contributed by atoms with E-state index >= 15 is 0 Å². The summed E-state index contributed by atoms with van der Waals surface area (Å²) in [5.41, 5.74) is 8.13. The molecule has 1 saturated heterocycles. The van der Waals surface area contributed by atoms with Gasteiger partial charge in [0.15, 0.2) is 0 Å². The van der Waals surface area contributed by atoms with Crippen molar-refractivity contribution in [2.75, 3.05) is 31.1 Å². The molecule has 0 bridgehead atoms. The molecule has 4 heteroatoms. The lowest BCUT2D eigenvalue weighted by molar-refractivity contribution is 0.115. The Morgan fingerprint density at radius 3 is 2.89 bits per heavy atom. The summed E-state index contributed by atoms with van der Waals surface area (Å²) in [5, 5.41) is 0. The minimum Gasteiger partial charge on any atom is -0.376 e. The molecular formula is C15H23BrN2O. The second-order valence-electron chi connectivity index (χ2n) is 5.00. The van der Waals surface area contributed by atoms with E-state index in [9.17, 15) is 0 Å². The summed E-state index contributed by atoms with van der Waals surface area (Å²) in [5.74, 6) is 0. The average molecular weight is 327 g/mol. The largest absolute Gasteiger partial charge is 0.376 e. The number of ether oxygens (including phenoxy) is 1. The zero-order chi connectivity index (χ0) is 13.7. The number of anilines is 1. The molecule has 3 nitrogen and oxygen atoms in total. The molecular weight excluding hydrogens is 304 g/mol. The third-order valence-corrected chi connectivity index (χ3v) is 4.25. The van der Waals surface area contributed by atoms with Crippen LogP contribution in [0.5, 0.6) is 0 Å². The Kier molecular flexibility index (Phi) is 5.67. The van der Waals surface area contributed by atoms with E-state index in [1.807, 2.05) is 0 Å². The van der Waals surface area contributed by atoms with Gasteiger partial charge in [-0.05, 0) is 66.4 Å². The summed E-state index contributed by atoms with van der Waals surface area (Å²) in [6.07, 6.45) is 3.69. The Hall–Kier alpha value is -0.580. The number of hydrogen-bond donors (Lipinski definition) is 1. The van der Waals surface area contributed by atoms with E-state index in [4.69, 9.17) is 10.5 Å². The van der Waals surface area contributed by atoms with Gasteiger partial charge >= 0.3 is 0 Å². The fraction of sp³-hybridized carbons (Fsp3) is 0.600. The van der Waals surface area contributed by atoms with Gasteiger partial charge in [0.05, 0.1) is 11.8 Å². The average Bonchev–Trinajstić information content (AvgIpc) is 2.90. The third kappa shape index (κ3) is 3.94. The summed E-state index contributed by atoms with van der Waals surface area (Å²) in [6.45, 7) is 5.77. The number of rotatable bonds is 6. The van der Waals surface area contributed by atoms with Crippen LogP contribution in [0.15, 0.2) is 22.7 Å². The minimum absolute atomic E-state index is 0.385. The first kappa shape index (κ1) is 14.8. The van der Waals surface area contributed by atoms with Crippen LogP contribution in [0, 0.1) is 0 Å². The number of halogens is 1. The molecule has 2 N–H and O–H groups in total. The molecule has 19 heavy (non-hydrogen) atoms. The molecule has 1 aromatic rings. The van der Waals surface area contributed by atoms with Crippen molar-refractivity contribution >= 4 is 21.6 Å². The van der Waals surface area contributed by atoms with E-state index < -0.39 is 0 Å². The van der Waals surface area contributed by atoms with E-state index in [0.29, 0.717) is 12.6 Å². The molecule has 0 spiro atoms. The van der Waals surface area contributed by atoms with Crippen molar-refractivity contribution in [3.63, 3.8) is 0 Å². The van der Waals surface area contributed by atoms with Gasteiger partial charge in [0.25, 0.3) is 0 Å². The number of likely N-dealkylation sites (N-methyl/N-ethyl adjacent to an activating group) is 1. The zero-order valence-corrected chi connectivity index (χ0v) is 13.2. The lowest BCUT2D eigenvalue weighted by atomic mass is 10.1. The van der Waals surface area contributed by atoms with Crippen molar-refractivity contribution in [2.45, 2.75) is 32.3 Å². The predicted molar refractivity (Wildman–Crippen MR) is 83.8 cm³/mol. The van der Waals surface area contributed by atoms with Gasteiger partial charge in [-0.1, -0.05) is 6.07 Å². The van der Waals surface area contributed by atoms with Gasteiger partial charge in [-0.25, -0.2) is 0 Å². The standard InChI is InChI=1S/C15H23BrN2O/c1-2-18(11-13-4-3-9-19-13)15-6-5-12(7-8-17)10-14(15)16/h5-6,10,13H,2-4,7-9,11,17H2,1H3. The summed E-state index contributed by atoms with van der Waals surface area (Å²) < 4.78 is 6.89. The summed E-state index contributed by atoms with van der Waals surface area (Å²) in [7, 11) is 0. The molecule has 1 fully saturated rings. The Labute approximate surface area is 124 Å². The topological polar surface area (TPSA) is 38.5 Å². The van der Waals surface area contributed by atoms with Gasteiger partial charge in [0.1, 0.15) is 0 Å². The van der Waals surface area contributed by atoms with Gasteiger partial charge in [0, 0.05) is 24.2 Å². The lowest BCUT2D eigenvalue weighted by Gasteiger charge is -2.27. The van der Waals surface area contributed by atoms with Gasteiger partial charge in [0.2, 0.25) is 0 Å². The molecule has 0 aromatic heterocycles. The van der Waals surface area contributed by atoms with E-state index in [-0.39, 0.29) is 0 Å². The summed E-state index contributed by atoms with van der Waals surface area (Å²) in [6, 6.07) is 6.54. The highest BCUT2D eigenvalue weighted by Crippen LogP contribution is 2.28. The van der Waals surface area contributed by atoms with Gasteiger partial charge < -0.3 is 15.4 Å². The summed E-state index contributed by atoms with van der Waals surface area (Å²) in [4.78, 5) is 2.38. The van der Waals surface area contributed by atoms with Crippen LogP contribution in [0.4, 0.5) is 5.69 Å². The fourth-order valence-corrected chi connectivity index (χ4v) is 3.24.